The predicted octanol–water partition coefficient (Wildman–Crippen LogP) is 3.48. The number of carbonyl (C=O) groups excluding carboxylic acids is 1. The highest BCUT2D eigenvalue weighted by Crippen LogP contribution is 2.23. The molecule has 0 radical (unpaired) electrons. The van der Waals surface area contributed by atoms with E-state index >= 15 is 0 Å². The summed E-state index contributed by atoms with van der Waals surface area (Å²) < 4.78 is 14.8. The van der Waals surface area contributed by atoms with Crippen LogP contribution in [0.1, 0.15) is 17.5 Å². The van der Waals surface area contributed by atoms with Crippen molar-refractivity contribution in [3.63, 3.8) is 0 Å². The Labute approximate surface area is 146 Å². The molecule has 0 spiro atoms. The third kappa shape index (κ3) is 4.53. The summed E-state index contributed by atoms with van der Waals surface area (Å²) >= 11 is 0. The number of nitrogens with zero attached hydrogens (tertiary/aromatic N) is 2. The molecule has 0 fully saturated rings. The summed E-state index contributed by atoms with van der Waals surface area (Å²) in [5.41, 5.74) is 3.69. The van der Waals surface area contributed by atoms with Gasteiger partial charge in [-0.15, -0.1) is 0 Å². The van der Waals surface area contributed by atoms with Crippen molar-refractivity contribution < 1.29 is 9.18 Å². The van der Waals surface area contributed by atoms with E-state index in [2.05, 4.69) is 10.4 Å². The van der Waals surface area contributed by atoms with Crippen LogP contribution in [-0.4, -0.2) is 15.7 Å². The van der Waals surface area contributed by atoms with Crippen molar-refractivity contribution in [1.82, 2.24) is 15.1 Å². The zero-order valence-corrected chi connectivity index (χ0v) is 14.1. The van der Waals surface area contributed by atoms with Crippen LogP contribution in [0.25, 0.3) is 11.3 Å². The Morgan fingerprint density at radius 3 is 2.56 bits per heavy atom. The highest BCUT2D eigenvalue weighted by Gasteiger charge is 2.12. The quantitative estimate of drug-likeness (QED) is 0.749. The molecule has 2 aromatic carbocycles. The van der Waals surface area contributed by atoms with Crippen LogP contribution in [0.2, 0.25) is 0 Å². The summed E-state index contributed by atoms with van der Waals surface area (Å²) in [4.78, 5) is 12.1. The van der Waals surface area contributed by atoms with Gasteiger partial charge in [-0.25, -0.2) is 4.39 Å². The Balaban J connectivity index is 1.61. The van der Waals surface area contributed by atoms with Gasteiger partial charge < -0.3 is 5.32 Å². The lowest BCUT2D eigenvalue weighted by molar-refractivity contribution is -0.121. The van der Waals surface area contributed by atoms with E-state index < -0.39 is 0 Å². The Kier molecular flexibility index (Phi) is 5.23. The Bertz CT molecular complexity index is 841. The van der Waals surface area contributed by atoms with Crippen LogP contribution in [0.3, 0.4) is 0 Å². The number of amides is 1. The molecule has 0 saturated heterocycles. The molecule has 0 aliphatic rings. The minimum atomic E-state index is -0.276. The van der Waals surface area contributed by atoms with E-state index in [1.807, 2.05) is 43.6 Å². The summed E-state index contributed by atoms with van der Waals surface area (Å²) in [6, 6.07) is 16.1. The van der Waals surface area contributed by atoms with Gasteiger partial charge in [-0.1, -0.05) is 30.3 Å². The molecular formula is C20H20FN3O. The summed E-state index contributed by atoms with van der Waals surface area (Å²) in [7, 11) is 1.84. The zero-order chi connectivity index (χ0) is 17.6. The molecule has 0 aliphatic heterocycles. The molecule has 3 aromatic rings. The van der Waals surface area contributed by atoms with Crippen molar-refractivity contribution in [1.29, 1.82) is 0 Å². The van der Waals surface area contributed by atoms with Gasteiger partial charge in [0, 0.05) is 31.8 Å². The molecule has 1 amide bonds. The van der Waals surface area contributed by atoms with E-state index in [1.165, 1.54) is 12.1 Å². The maximum atomic E-state index is 13.1. The van der Waals surface area contributed by atoms with Crippen molar-refractivity contribution in [3.05, 3.63) is 77.7 Å². The average molecular weight is 337 g/mol. The molecule has 0 atom stereocenters. The lowest BCUT2D eigenvalue weighted by atomic mass is 10.0. The van der Waals surface area contributed by atoms with Gasteiger partial charge in [-0.3, -0.25) is 9.48 Å². The number of rotatable bonds is 6. The highest BCUT2D eigenvalue weighted by molar-refractivity contribution is 5.76. The number of carbonyl (C=O) groups is 1. The first-order valence-electron chi connectivity index (χ1n) is 8.21. The predicted molar refractivity (Wildman–Crippen MR) is 95.2 cm³/mol. The molecule has 128 valence electrons. The van der Waals surface area contributed by atoms with Gasteiger partial charge in [0.2, 0.25) is 5.91 Å². The van der Waals surface area contributed by atoms with Gasteiger partial charge in [0.15, 0.2) is 0 Å². The van der Waals surface area contributed by atoms with Crippen LogP contribution >= 0.6 is 0 Å². The van der Waals surface area contributed by atoms with Crippen molar-refractivity contribution in [2.24, 2.45) is 7.05 Å². The van der Waals surface area contributed by atoms with Gasteiger partial charge in [-0.05, 0) is 41.8 Å². The molecule has 0 saturated carbocycles. The molecule has 25 heavy (non-hydrogen) atoms. The lowest BCUT2D eigenvalue weighted by Gasteiger charge is -2.06. The van der Waals surface area contributed by atoms with E-state index in [9.17, 15) is 9.18 Å². The van der Waals surface area contributed by atoms with Crippen molar-refractivity contribution >= 4 is 5.91 Å². The SMILES string of the molecule is Cn1cc(CCC(=O)NCc2ccccc2)c(-c2ccc(F)cc2)n1. The standard InChI is InChI=1S/C20H20FN3O/c1-24-14-17(20(23-24)16-7-10-18(21)11-8-16)9-12-19(25)22-13-15-5-3-2-4-6-15/h2-8,10-11,14H,9,12-13H2,1H3,(H,22,25). The van der Waals surface area contributed by atoms with Crippen LogP contribution < -0.4 is 5.32 Å². The van der Waals surface area contributed by atoms with E-state index in [0.717, 1.165) is 22.4 Å². The largest absolute Gasteiger partial charge is 0.352 e. The summed E-state index contributed by atoms with van der Waals surface area (Å²) in [5, 5.41) is 7.37. The van der Waals surface area contributed by atoms with Gasteiger partial charge in [-0.2, -0.15) is 5.10 Å². The minimum Gasteiger partial charge on any atom is -0.352 e. The molecule has 5 heteroatoms. The number of aromatic nitrogens is 2. The minimum absolute atomic E-state index is 0.00207. The first kappa shape index (κ1) is 16.9. The molecule has 4 nitrogen and oxygen atoms in total. The maximum Gasteiger partial charge on any atom is 0.220 e. The zero-order valence-electron chi connectivity index (χ0n) is 14.1. The first-order chi connectivity index (χ1) is 12.1. The number of nitrogens with one attached hydrogen (secondary N) is 1. The molecular weight excluding hydrogens is 317 g/mol. The van der Waals surface area contributed by atoms with Crippen molar-refractivity contribution in [2.45, 2.75) is 19.4 Å². The normalized spacial score (nSPS) is 10.6. The van der Waals surface area contributed by atoms with Crippen LogP contribution in [0.15, 0.2) is 60.8 Å². The van der Waals surface area contributed by atoms with Gasteiger partial charge >= 0.3 is 0 Å². The van der Waals surface area contributed by atoms with Crippen molar-refractivity contribution in [2.75, 3.05) is 0 Å². The Morgan fingerprint density at radius 1 is 1.12 bits per heavy atom. The fraction of sp³-hybridized carbons (Fsp3) is 0.200. The smallest absolute Gasteiger partial charge is 0.220 e. The number of hydrogen-bond acceptors (Lipinski definition) is 2. The van der Waals surface area contributed by atoms with Crippen LogP contribution in [0.4, 0.5) is 4.39 Å². The lowest BCUT2D eigenvalue weighted by Crippen LogP contribution is -2.22. The number of aryl methyl sites for hydroxylation is 2. The molecule has 0 aliphatic carbocycles. The van der Waals surface area contributed by atoms with Crippen LogP contribution in [0, 0.1) is 5.82 Å². The summed E-state index contributed by atoms with van der Waals surface area (Å²) in [6.45, 7) is 0.525. The first-order valence-corrected chi connectivity index (χ1v) is 8.21. The number of halogens is 1. The third-order valence-electron chi connectivity index (χ3n) is 3.98. The molecule has 1 N–H and O–H groups in total. The maximum absolute atomic E-state index is 13.1. The molecule has 3 rings (SSSR count). The van der Waals surface area contributed by atoms with Gasteiger partial charge in [0.1, 0.15) is 5.82 Å². The monoisotopic (exact) mass is 337 g/mol. The third-order valence-corrected chi connectivity index (χ3v) is 3.98. The highest BCUT2D eigenvalue weighted by atomic mass is 19.1. The Hall–Kier alpha value is -2.95. The second kappa shape index (κ2) is 7.75. The van der Waals surface area contributed by atoms with Crippen LogP contribution in [-0.2, 0) is 24.8 Å². The van der Waals surface area contributed by atoms with Gasteiger partial charge in [0.25, 0.3) is 0 Å². The van der Waals surface area contributed by atoms with Crippen LogP contribution in [0.5, 0.6) is 0 Å². The van der Waals surface area contributed by atoms with E-state index in [0.29, 0.717) is 19.4 Å². The van der Waals surface area contributed by atoms with E-state index in [1.54, 1.807) is 16.8 Å². The summed E-state index contributed by atoms with van der Waals surface area (Å²) in [6.07, 6.45) is 2.87. The summed E-state index contributed by atoms with van der Waals surface area (Å²) in [5.74, 6) is -0.278. The fourth-order valence-electron chi connectivity index (χ4n) is 2.70. The van der Waals surface area contributed by atoms with Crippen molar-refractivity contribution in [3.8, 4) is 11.3 Å². The molecule has 1 heterocycles. The number of benzene rings is 2. The average Bonchev–Trinajstić information content (AvgIpc) is 3.00. The van der Waals surface area contributed by atoms with E-state index in [-0.39, 0.29) is 11.7 Å². The Morgan fingerprint density at radius 2 is 1.84 bits per heavy atom. The van der Waals surface area contributed by atoms with E-state index in [4.69, 9.17) is 0 Å². The number of hydrogen-bond donors (Lipinski definition) is 1. The molecule has 0 unspecified atom stereocenters. The second-order valence-electron chi connectivity index (χ2n) is 5.95. The molecule has 0 bridgehead atoms. The topological polar surface area (TPSA) is 46.9 Å². The fourth-order valence-corrected chi connectivity index (χ4v) is 2.70. The molecule has 1 aromatic heterocycles. The second-order valence-corrected chi connectivity index (χ2v) is 5.95. The van der Waals surface area contributed by atoms with Gasteiger partial charge in [0.05, 0.1) is 5.69 Å².